The molecule has 0 unspecified atom stereocenters. The molecule has 12 heteroatoms. The van der Waals surface area contributed by atoms with Crippen molar-refractivity contribution < 1.29 is 19.2 Å². The molecule has 1 N–H and O–H groups in total. The maximum Gasteiger partial charge on any atom is 0.303 e. The summed E-state index contributed by atoms with van der Waals surface area (Å²) in [6.07, 6.45) is 3.88. The number of imidazole rings is 1. The van der Waals surface area contributed by atoms with E-state index in [1.54, 1.807) is 48.3 Å². The monoisotopic (exact) mass is 394 g/mol. The average molecular weight is 394 g/mol. The van der Waals surface area contributed by atoms with Gasteiger partial charge in [-0.05, 0) is 21.8 Å². The number of carbonyl (C=O) groups is 1. The van der Waals surface area contributed by atoms with Crippen LogP contribution in [-0.4, -0.2) is 30.5 Å². The van der Waals surface area contributed by atoms with Crippen LogP contribution in [0.25, 0.3) is 17.1 Å². The van der Waals surface area contributed by atoms with Gasteiger partial charge in [-0.1, -0.05) is 12.1 Å². The Morgan fingerprint density at radius 3 is 2.79 bits per heavy atom. The first-order chi connectivity index (χ1) is 14.0. The first-order valence-electron chi connectivity index (χ1n) is 8.73. The summed E-state index contributed by atoms with van der Waals surface area (Å²) >= 11 is 0. The molecule has 1 aliphatic rings. The zero-order chi connectivity index (χ0) is 20.1. The van der Waals surface area contributed by atoms with Gasteiger partial charge in [0.2, 0.25) is 11.6 Å². The first kappa shape index (κ1) is 16.9. The zero-order valence-electron chi connectivity index (χ0n) is 15.1. The predicted octanol–water partition coefficient (Wildman–Crippen LogP) is -0.122. The highest BCUT2D eigenvalue weighted by molar-refractivity contribution is 6.05. The van der Waals surface area contributed by atoms with Crippen molar-refractivity contribution in [1.29, 1.82) is 0 Å². The molecule has 0 saturated heterocycles. The Kier molecular flexibility index (Phi) is 3.59. The minimum absolute atomic E-state index is 0.235. The van der Waals surface area contributed by atoms with Gasteiger partial charge in [0.25, 0.3) is 5.91 Å². The summed E-state index contributed by atoms with van der Waals surface area (Å²) in [5.41, 5.74) is 1.69. The van der Waals surface area contributed by atoms with E-state index in [0.29, 0.717) is 39.9 Å². The van der Waals surface area contributed by atoms with Crippen LogP contribution in [0, 0.1) is 10.4 Å². The van der Waals surface area contributed by atoms with Crippen molar-refractivity contribution >= 4 is 11.9 Å². The molecule has 0 aliphatic heterocycles. The van der Waals surface area contributed by atoms with Crippen LogP contribution in [0.3, 0.4) is 0 Å². The number of aromatic nitrogens is 7. The lowest BCUT2D eigenvalue weighted by Gasteiger charge is -2.11. The number of carbonyl (C=O) groups excluding carboxylic acids is 1. The second-order valence-electron chi connectivity index (χ2n) is 6.52. The van der Waals surface area contributed by atoms with Crippen LogP contribution in [0.4, 0.5) is 5.95 Å². The minimum atomic E-state index is -0.442. The summed E-state index contributed by atoms with van der Waals surface area (Å²) in [6.45, 7) is 0. The second kappa shape index (κ2) is 6.15. The van der Waals surface area contributed by atoms with Gasteiger partial charge in [0.1, 0.15) is 5.69 Å². The Bertz CT molecular complexity index is 1250. The number of hydrogen-bond acceptors (Lipinski definition) is 7. The van der Waals surface area contributed by atoms with E-state index in [1.165, 1.54) is 0 Å². The molecule has 12 nitrogen and oxygen atoms in total. The second-order valence-corrected chi connectivity index (χ2v) is 6.52. The predicted molar refractivity (Wildman–Crippen MR) is 95.6 cm³/mol. The van der Waals surface area contributed by atoms with Crippen molar-refractivity contribution in [3.05, 3.63) is 64.0 Å². The number of nitrogens with one attached hydrogen (secondary N) is 1. The molecule has 5 rings (SSSR count). The third kappa shape index (κ3) is 2.53. The van der Waals surface area contributed by atoms with Gasteiger partial charge < -0.3 is 15.0 Å². The summed E-state index contributed by atoms with van der Waals surface area (Å²) in [5.74, 6) is -0.0744. The van der Waals surface area contributed by atoms with Crippen LogP contribution >= 0.6 is 0 Å². The van der Waals surface area contributed by atoms with Gasteiger partial charge in [-0.25, -0.2) is 4.98 Å². The fourth-order valence-corrected chi connectivity index (χ4v) is 3.34. The van der Waals surface area contributed by atoms with Gasteiger partial charge in [-0.2, -0.15) is 0 Å². The normalized spacial score (nSPS) is 12.4. The Balaban J connectivity index is 1.59. The van der Waals surface area contributed by atoms with E-state index in [2.05, 4.69) is 25.2 Å². The molecule has 0 atom stereocenters. The molecule has 0 saturated carbocycles. The van der Waals surface area contributed by atoms with E-state index in [0.717, 1.165) is 4.80 Å². The highest BCUT2D eigenvalue weighted by Gasteiger charge is 2.39. The topological polar surface area (TPSA) is 145 Å². The Morgan fingerprint density at radius 1 is 1.21 bits per heavy atom. The number of fused-ring (bicyclic) bond motifs is 3. The highest BCUT2D eigenvalue weighted by Crippen LogP contribution is 2.27. The fourth-order valence-electron chi connectivity index (χ4n) is 3.34. The van der Waals surface area contributed by atoms with Crippen molar-refractivity contribution in [2.24, 2.45) is 7.05 Å². The molecule has 0 spiro atoms. The molecule has 146 valence electrons. The molecule has 1 aromatic carbocycles. The Hall–Kier alpha value is -4.22. The average Bonchev–Trinajstić information content (AvgIpc) is 3.40. The van der Waals surface area contributed by atoms with E-state index in [4.69, 9.17) is 0 Å². The van der Waals surface area contributed by atoms with Gasteiger partial charge in [-0.15, -0.1) is 4.85 Å². The van der Waals surface area contributed by atoms with Crippen molar-refractivity contribution in [3.63, 3.8) is 0 Å². The molecule has 0 fully saturated rings. The number of nitrogens with zero attached hydrogens (tertiary/aromatic N) is 7. The van der Waals surface area contributed by atoms with Crippen molar-refractivity contribution in [2.45, 2.75) is 12.8 Å². The smallest absolute Gasteiger partial charge is 0.303 e. The number of rotatable bonds is 3. The lowest BCUT2D eigenvalue weighted by molar-refractivity contribution is -0.808. The number of hydrogen-bond donors (Lipinski definition) is 1. The third-order valence-corrected chi connectivity index (χ3v) is 4.80. The molecular formula is C17H14N8O4. The number of amides is 1. The number of anilines is 1. The molecule has 3 heterocycles. The zero-order valence-corrected chi connectivity index (χ0v) is 15.1. The van der Waals surface area contributed by atoms with E-state index in [-0.39, 0.29) is 22.6 Å². The van der Waals surface area contributed by atoms with Gasteiger partial charge >= 0.3 is 11.4 Å². The van der Waals surface area contributed by atoms with Gasteiger partial charge in [0.15, 0.2) is 5.69 Å². The van der Waals surface area contributed by atoms with Gasteiger partial charge in [0.05, 0.1) is 15.8 Å². The van der Waals surface area contributed by atoms with Crippen LogP contribution in [0.1, 0.15) is 21.7 Å². The van der Waals surface area contributed by atoms with Crippen molar-refractivity contribution in [1.82, 2.24) is 24.6 Å². The molecular weight excluding hydrogens is 380 g/mol. The largest absolute Gasteiger partial charge is 0.692 e. The van der Waals surface area contributed by atoms with Crippen molar-refractivity contribution in [3.8, 4) is 17.1 Å². The van der Waals surface area contributed by atoms with E-state index in [9.17, 15) is 15.2 Å². The van der Waals surface area contributed by atoms with Gasteiger partial charge in [0, 0.05) is 32.3 Å². The molecule has 1 amide bonds. The van der Waals surface area contributed by atoms with E-state index in [1.807, 2.05) is 0 Å². The van der Waals surface area contributed by atoms with E-state index >= 15 is 0 Å². The number of benzene rings is 1. The molecule has 0 radical (unpaired) electrons. The lowest BCUT2D eigenvalue weighted by atomic mass is 10.0. The van der Waals surface area contributed by atoms with Crippen LogP contribution in [-0.2, 0) is 19.9 Å². The van der Waals surface area contributed by atoms with E-state index < -0.39 is 5.91 Å². The van der Waals surface area contributed by atoms with Crippen LogP contribution in [0.5, 0.6) is 0 Å². The van der Waals surface area contributed by atoms with Crippen LogP contribution in [0.15, 0.2) is 41.3 Å². The summed E-state index contributed by atoms with van der Waals surface area (Å²) in [6, 6.07) is 6.57. The van der Waals surface area contributed by atoms with Crippen LogP contribution < -0.4 is 15.1 Å². The standard InChI is InChI=1S/C17H14N8O4/c1-22-9-8-18-17(22)19-16(26)10-4-2-3-5-11(10)23-20-14-12(24(23)27)6-7-13-15(14)21-29-25(13)28/h2-5,8-9H,6-7H2,1H3,(H,18,19,26). The molecule has 29 heavy (non-hydrogen) atoms. The SMILES string of the molecule is Cn1ccnc1NC(=O)c1ccccc1-n1nc2c([n+]1[O-])CCc1c-2no[n+]1[O-]. The minimum Gasteiger partial charge on any atom is -0.692 e. The summed E-state index contributed by atoms with van der Waals surface area (Å²) in [5, 5.41) is 35.3. The van der Waals surface area contributed by atoms with Gasteiger partial charge in [-0.3, -0.25) is 14.7 Å². The Labute approximate surface area is 162 Å². The quantitative estimate of drug-likeness (QED) is 0.377. The van der Waals surface area contributed by atoms with Crippen LogP contribution in [0.2, 0.25) is 0 Å². The maximum absolute atomic E-state index is 12.9. The number of para-hydroxylation sites is 1. The lowest BCUT2D eigenvalue weighted by Crippen LogP contribution is -2.42. The summed E-state index contributed by atoms with van der Waals surface area (Å²) in [7, 11) is 1.75. The first-order valence-corrected chi connectivity index (χ1v) is 8.73. The fraction of sp³-hybridized carbons (Fsp3) is 0.176. The molecule has 1 aliphatic carbocycles. The summed E-state index contributed by atoms with van der Waals surface area (Å²) in [4.78, 5) is 18.9. The highest BCUT2D eigenvalue weighted by atomic mass is 16.8. The molecule has 3 aromatic heterocycles. The summed E-state index contributed by atoms with van der Waals surface area (Å²) < 4.78 is 6.30. The maximum atomic E-state index is 12.9. The van der Waals surface area contributed by atoms with Crippen molar-refractivity contribution in [2.75, 3.05) is 5.32 Å². The third-order valence-electron chi connectivity index (χ3n) is 4.80. The Morgan fingerprint density at radius 2 is 2.00 bits per heavy atom. The number of aryl methyl sites for hydroxylation is 1. The molecule has 0 bridgehead atoms. The molecule has 4 aromatic rings.